The molecule has 6 nitrogen and oxygen atoms in total. The van der Waals surface area contributed by atoms with E-state index >= 15 is 0 Å². The van der Waals surface area contributed by atoms with Crippen LogP contribution < -0.4 is 10.1 Å². The second-order valence-corrected chi connectivity index (χ2v) is 10.6. The highest BCUT2D eigenvalue weighted by molar-refractivity contribution is 5.96. The van der Waals surface area contributed by atoms with E-state index in [2.05, 4.69) is 10.2 Å². The first-order valence-electron chi connectivity index (χ1n) is 12.2. The molecule has 0 unspecified atom stereocenters. The van der Waals surface area contributed by atoms with E-state index in [1.165, 1.54) is 12.8 Å². The van der Waals surface area contributed by atoms with Crippen LogP contribution in [0.5, 0.6) is 11.5 Å². The van der Waals surface area contributed by atoms with Crippen LogP contribution in [0.4, 0.5) is 0 Å². The molecule has 0 radical (unpaired) electrons. The van der Waals surface area contributed by atoms with Crippen molar-refractivity contribution in [2.45, 2.75) is 61.6 Å². The number of phenols is 1. The number of ether oxygens (including phenoxy) is 1. The van der Waals surface area contributed by atoms with Gasteiger partial charge in [0.25, 0.3) is 5.91 Å². The molecule has 1 amide bonds. The van der Waals surface area contributed by atoms with Crippen LogP contribution in [0.1, 0.15) is 53.6 Å². The number of hydrogen-bond donors (Lipinski definition) is 2. The van der Waals surface area contributed by atoms with Gasteiger partial charge in [-0.1, -0.05) is 24.3 Å². The molecule has 2 bridgehead atoms. The molecule has 170 valence electrons. The zero-order valence-corrected chi connectivity index (χ0v) is 18.5. The minimum Gasteiger partial charge on any atom is -0.504 e. The number of Topliss-reactive ketones (excluding diaryl/α,β-unsaturated/α-hetero) is 1. The first-order valence-corrected chi connectivity index (χ1v) is 12.2. The predicted molar refractivity (Wildman–Crippen MR) is 121 cm³/mol. The molecule has 1 spiro atoms. The van der Waals surface area contributed by atoms with E-state index in [0.29, 0.717) is 24.2 Å². The normalized spacial score (nSPS) is 33.9. The largest absolute Gasteiger partial charge is 0.504 e. The third kappa shape index (κ3) is 2.47. The van der Waals surface area contributed by atoms with Crippen LogP contribution >= 0.6 is 0 Å². The number of nitrogens with zero attached hydrogens (tertiary/aromatic N) is 1. The summed E-state index contributed by atoms with van der Waals surface area (Å²) in [4.78, 5) is 29.5. The molecule has 2 N–H and O–H groups in total. The van der Waals surface area contributed by atoms with Crippen molar-refractivity contribution >= 4 is 11.7 Å². The predicted octanol–water partition coefficient (Wildman–Crippen LogP) is 2.96. The second kappa shape index (κ2) is 6.60. The molecule has 1 saturated heterocycles. The lowest BCUT2D eigenvalue weighted by atomic mass is 9.47. The molecule has 7 rings (SSSR count). The van der Waals surface area contributed by atoms with Crippen molar-refractivity contribution in [3.63, 3.8) is 0 Å². The summed E-state index contributed by atoms with van der Waals surface area (Å²) in [5.41, 5.74) is 1.49. The van der Waals surface area contributed by atoms with Crippen LogP contribution in [0.25, 0.3) is 0 Å². The van der Waals surface area contributed by atoms with Crippen LogP contribution in [-0.4, -0.2) is 52.5 Å². The molecule has 2 aliphatic heterocycles. The molecule has 4 atom stereocenters. The second-order valence-electron chi connectivity index (χ2n) is 10.6. The molecular weight excluding hydrogens is 416 g/mol. The lowest BCUT2D eigenvalue weighted by Crippen LogP contribution is -2.81. The Hall–Kier alpha value is -2.86. The van der Waals surface area contributed by atoms with E-state index in [4.69, 9.17) is 4.74 Å². The van der Waals surface area contributed by atoms with Gasteiger partial charge < -0.3 is 15.2 Å². The number of ketones is 1. The highest BCUT2D eigenvalue weighted by Gasteiger charge is 2.74. The summed E-state index contributed by atoms with van der Waals surface area (Å²) in [6.07, 6.45) is 4.40. The summed E-state index contributed by atoms with van der Waals surface area (Å²) in [6.45, 7) is 1.93. The fourth-order valence-electron chi connectivity index (χ4n) is 7.43. The zero-order valence-electron chi connectivity index (χ0n) is 18.5. The van der Waals surface area contributed by atoms with E-state index in [1.54, 1.807) is 6.07 Å². The smallest absolute Gasteiger partial charge is 0.251 e. The van der Waals surface area contributed by atoms with E-state index < -0.39 is 17.1 Å². The number of aromatic hydroxyl groups is 1. The topological polar surface area (TPSA) is 78.9 Å². The van der Waals surface area contributed by atoms with Gasteiger partial charge in [0.1, 0.15) is 0 Å². The highest BCUT2D eigenvalue weighted by Crippen LogP contribution is 2.65. The number of benzene rings is 2. The summed E-state index contributed by atoms with van der Waals surface area (Å²) in [6, 6.07) is 13.1. The molecule has 2 saturated carbocycles. The van der Waals surface area contributed by atoms with Crippen molar-refractivity contribution in [1.29, 1.82) is 0 Å². The van der Waals surface area contributed by atoms with Gasteiger partial charge in [0.15, 0.2) is 23.4 Å². The van der Waals surface area contributed by atoms with Crippen molar-refractivity contribution in [3.05, 3.63) is 59.2 Å². The number of carbonyl (C=O) groups is 2. The third-order valence-corrected chi connectivity index (χ3v) is 8.99. The van der Waals surface area contributed by atoms with Crippen LogP contribution in [-0.2, 0) is 16.6 Å². The van der Waals surface area contributed by atoms with Crippen molar-refractivity contribution in [3.8, 4) is 11.5 Å². The van der Waals surface area contributed by atoms with Crippen molar-refractivity contribution in [1.82, 2.24) is 10.2 Å². The number of likely N-dealkylation sites (tertiary alicyclic amines) is 1. The Morgan fingerprint density at radius 1 is 1.15 bits per heavy atom. The summed E-state index contributed by atoms with van der Waals surface area (Å²) >= 11 is 0. The number of carbonyl (C=O) groups excluding carboxylic acids is 2. The van der Waals surface area contributed by atoms with Gasteiger partial charge in [-0.25, -0.2) is 0 Å². The molecule has 2 aromatic rings. The Kier molecular flexibility index (Phi) is 3.92. The number of piperidine rings is 1. The molecule has 3 fully saturated rings. The Morgan fingerprint density at radius 2 is 1.97 bits per heavy atom. The third-order valence-electron chi connectivity index (χ3n) is 8.99. The maximum absolute atomic E-state index is 13.6. The number of hydrogen-bond acceptors (Lipinski definition) is 5. The fraction of sp³-hybridized carbons (Fsp3) is 0.481. The number of nitrogens with one attached hydrogen (secondary N) is 1. The minimum atomic E-state index is -0.657. The lowest BCUT2D eigenvalue weighted by Gasteiger charge is -2.65. The van der Waals surface area contributed by atoms with Crippen LogP contribution in [0, 0.1) is 5.92 Å². The average Bonchev–Trinajstić information content (AvgIpc) is 3.57. The summed E-state index contributed by atoms with van der Waals surface area (Å²) in [7, 11) is 0. The molecule has 2 aromatic carbocycles. The molecule has 3 aliphatic carbocycles. The van der Waals surface area contributed by atoms with E-state index in [0.717, 1.165) is 43.0 Å². The van der Waals surface area contributed by atoms with Crippen LogP contribution in [0.3, 0.4) is 0 Å². The Morgan fingerprint density at radius 3 is 2.76 bits per heavy atom. The van der Waals surface area contributed by atoms with Gasteiger partial charge in [0.05, 0.1) is 11.0 Å². The van der Waals surface area contributed by atoms with Crippen molar-refractivity contribution in [2.75, 3.05) is 13.1 Å². The van der Waals surface area contributed by atoms with E-state index in [-0.39, 0.29) is 23.5 Å². The van der Waals surface area contributed by atoms with Crippen molar-refractivity contribution in [2.24, 2.45) is 5.92 Å². The Labute approximate surface area is 192 Å². The Balaban J connectivity index is 1.43. The van der Waals surface area contributed by atoms with Gasteiger partial charge in [0, 0.05) is 30.1 Å². The Bertz CT molecular complexity index is 1180. The standard InChI is InChI=1S/C27H28N2O4/c30-19-9-8-18-14-21-27(28-25(32)17-4-2-1-3-5-17)11-10-20(31)24-26(27,22(18)23(19)33-24)12-13-29(21)15-16-6-7-16/h1-5,8-9,16,21,24,30H,6-7,10-15H2,(H,28,32)/t21-,24+,26+,27-/m1/s1. The average molecular weight is 445 g/mol. The quantitative estimate of drug-likeness (QED) is 0.758. The van der Waals surface area contributed by atoms with Gasteiger partial charge in [-0.3, -0.25) is 14.5 Å². The molecular formula is C27H28N2O4. The van der Waals surface area contributed by atoms with Gasteiger partial charge in [-0.05, 0) is 68.3 Å². The monoisotopic (exact) mass is 444 g/mol. The molecule has 33 heavy (non-hydrogen) atoms. The highest BCUT2D eigenvalue weighted by atomic mass is 16.5. The molecule has 5 aliphatic rings. The molecule has 6 heteroatoms. The number of amides is 1. The van der Waals surface area contributed by atoms with E-state index in [9.17, 15) is 14.7 Å². The van der Waals surface area contributed by atoms with Gasteiger partial charge in [0.2, 0.25) is 0 Å². The van der Waals surface area contributed by atoms with Crippen LogP contribution in [0.2, 0.25) is 0 Å². The first kappa shape index (κ1) is 19.6. The first-order chi connectivity index (χ1) is 16.0. The fourth-order valence-corrected chi connectivity index (χ4v) is 7.43. The number of rotatable bonds is 4. The number of phenolic OH excluding ortho intramolecular Hbond substituents is 1. The zero-order chi connectivity index (χ0) is 22.4. The van der Waals surface area contributed by atoms with Crippen LogP contribution in [0.15, 0.2) is 42.5 Å². The summed E-state index contributed by atoms with van der Waals surface area (Å²) in [5.74, 6) is 1.27. The summed E-state index contributed by atoms with van der Waals surface area (Å²) < 4.78 is 6.29. The van der Waals surface area contributed by atoms with Gasteiger partial charge >= 0.3 is 0 Å². The lowest BCUT2D eigenvalue weighted by molar-refractivity contribution is -0.143. The van der Waals surface area contributed by atoms with Gasteiger partial charge in [-0.15, -0.1) is 0 Å². The SMILES string of the molecule is O=C(N[C@@]12CCC(=O)[C@@H]3Oc4c(O)ccc5c4[C@@]31CCN(CC1CC1)[C@@H]2C5)c1ccccc1. The summed E-state index contributed by atoms with van der Waals surface area (Å²) in [5, 5.41) is 14.2. The maximum Gasteiger partial charge on any atom is 0.251 e. The molecule has 2 heterocycles. The van der Waals surface area contributed by atoms with Crippen molar-refractivity contribution < 1.29 is 19.4 Å². The maximum atomic E-state index is 13.6. The van der Waals surface area contributed by atoms with E-state index in [1.807, 2.05) is 36.4 Å². The molecule has 0 aromatic heterocycles. The van der Waals surface area contributed by atoms with Gasteiger partial charge in [-0.2, -0.15) is 0 Å². The minimum absolute atomic E-state index is 0.0810.